The van der Waals surface area contributed by atoms with Crippen LogP contribution in [0, 0.1) is 0 Å². The second-order valence-electron chi connectivity index (χ2n) is 6.88. The first-order chi connectivity index (χ1) is 14.1. The maximum atomic E-state index is 12.3. The summed E-state index contributed by atoms with van der Waals surface area (Å²) in [6, 6.07) is 11.6. The van der Waals surface area contributed by atoms with Gasteiger partial charge in [-0.2, -0.15) is 0 Å². The number of rotatable bonds is 7. The Morgan fingerprint density at radius 2 is 1.80 bits per heavy atom. The van der Waals surface area contributed by atoms with Crippen molar-refractivity contribution in [3.63, 3.8) is 0 Å². The summed E-state index contributed by atoms with van der Waals surface area (Å²) in [6.45, 7) is -0.136. The van der Waals surface area contributed by atoms with Crippen LogP contribution in [0.15, 0.2) is 53.4 Å². The summed E-state index contributed by atoms with van der Waals surface area (Å²) in [6.07, 6.45) is -2.17. The minimum atomic E-state index is -4.86. The molecule has 0 saturated carbocycles. The van der Waals surface area contributed by atoms with E-state index in [0.29, 0.717) is 0 Å². The van der Waals surface area contributed by atoms with E-state index in [2.05, 4.69) is 14.8 Å². The summed E-state index contributed by atoms with van der Waals surface area (Å²) in [7, 11) is -3.96. The van der Waals surface area contributed by atoms with Crippen molar-refractivity contribution in [2.24, 2.45) is 0 Å². The zero-order chi connectivity index (χ0) is 21.8. The van der Waals surface area contributed by atoms with Gasteiger partial charge in [-0.25, -0.2) is 13.1 Å². The molecular formula is C20H21F3N2O4S. The average Bonchev–Trinajstić information content (AvgIpc) is 2.67. The first-order valence-corrected chi connectivity index (χ1v) is 10.8. The third-order valence-corrected chi connectivity index (χ3v) is 6.19. The molecule has 0 heterocycles. The third kappa shape index (κ3) is 5.96. The molecule has 30 heavy (non-hydrogen) atoms. The summed E-state index contributed by atoms with van der Waals surface area (Å²) in [5, 5.41) is 2.93. The predicted molar refractivity (Wildman–Crippen MR) is 103 cm³/mol. The van der Waals surface area contributed by atoms with Gasteiger partial charge in [0.1, 0.15) is 5.75 Å². The molecule has 0 radical (unpaired) electrons. The number of nitrogens with one attached hydrogen (secondary N) is 2. The summed E-state index contributed by atoms with van der Waals surface area (Å²) in [4.78, 5) is 12.0. The quantitative estimate of drug-likeness (QED) is 0.688. The van der Waals surface area contributed by atoms with E-state index in [1.165, 1.54) is 5.56 Å². The molecule has 3 rings (SSSR count). The molecule has 0 aliphatic heterocycles. The highest BCUT2D eigenvalue weighted by Crippen LogP contribution is 2.29. The van der Waals surface area contributed by atoms with Crippen molar-refractivity contribution < 1.29 is 31.1 Å². The number of carbonyl (C=O) groups is 1. The molecule has 1 unspecified atom stereocenters. The van der Waals surface area contributed by atoms with E-state index in [1.54, 1.807) is 0 Å². The Bertz CT molecular complexity index is 992. The number of fused-ring (bicyclic) bond motifs is 1. The lowest BCUT2D eigenvalue weighted by molar-refractivity contribution is -0.274. The van der Waals surface area contributed by atoms with Gasteiger partial charge in [-0.15, -0.1) is 13.2 Å². The zero-order valence-corrected chi connectivity index (χ0v) is 16.7. The van der Waals surface area contributed by atoms with E-state index in [0.717, 1.165) is 49.1 Å². The van der Waals surface area contributed by atoms with E-state index in [4.69, 9.17) is 0 Å². The second kappa shape index (κ2) is 9.05. The smallest absolute Gasteiger partial charge is 0.406 e. The number of hydrogen-bond donors (Lipinski definition) is 2. The molecule has 0 spiro atoms. The SMILES string of the molecule is O=C(CCNS(=O)(=O)c1ccc(OC(F)(F)F)cc1)NC1CCCc2ccccc21. The molecule has 1 atom stereocenters. The van der Waals surface area contributed by atoms with Crippen molar-refractivity contribution in [1.82, 2.24) is 10.0 Å². The fourth-order valence-electron chi connectivity index (χ4n) is 3.37. The van der Waals surface area contributed by atoms with Crippen LogP contribution in [0.2, 0.25) is 0 Å². The van der Waals surface area contributed by atoms with Crippen molar-refractivity contribution >= 4 is 15.9 Å². The number of halogens is 3. The maximum absolute atomic E-state index is 12.3. The van der Waals surface area contributed by atoms with Gasteiger partial charge in [-0.1, -0.05) is 24.3 Å². The number of amides is 1. The van der Waals surface area contributed by atoms with E-state index in [-0.39, 0.29) is 29.8 Å². The minimum absolute atomic E-state index is 0.0623. The molecule has 2 aromatic carbocycles. The normalized spacial score (nSPS) is 16.6. The number of benzene rings is 2. The molecule has 6 nitrogen and oxygen atoms in total. The van der Waals surface area contributed by atoms with Crippen molar-refractivity contribution in [1.29, 1.82) is 0 Å². The topological polar surface area (TPSA) is 84.5 Å². The van der Waals surface area contributed by atoms with Gasteiger partial charge in [-0.05, 0) is 54.7 Å². The van der Waals surface area contributed by atoms with Crippen LogP contribution in [-0.2, 0) is 21.2 Å². The Morgan fingerprint density at radius 1 is 1.10 bits per heavy atom. The van der Waals surface area contributed by atoms with Crippen molar-refractivity contribution in [2.45, 2.75) is 43.0 Å². The number of carbonyl (C=O) groups excluding carboxylic acids is 1. The number of alkyl halides is 3. The summed E-state index contributed by atoms with van der Waals surface area (Å²) >= 11 is 0. The van der Waals surface area contributed by atoms with E-state index < -0.39 is 22.1 Å². The van der Waals surface area contributed by atoms with Crippen LogP contribution >= 0.6 is 0 Å². The van der Waals surface area contributed by atoms with Gasteiger partial charge in [-0.3, -0.25) is 4.79 Å². The van der Waals surface area contributed by atoms with Crippen molar-refractivity contribution in [3.05, 3.63) is 59.7 Å². The minimum Gasteiger partial charge on any atom is -0.406 e. The molecule has 1 aliphatic carbocycles. The van der Waals surface area contributed by atoms with Gasteiger partial charge < -0.3 is 10.1 Å². The van der Waals surface area contributed by atoms with Crippen molar-refractivity contribution in [3.8, 4) is 5.75 Å². The monoisotopic (exact) mass is 442 g/mol. The summed E-state index contributed by atoms with van der Waals surface area (Å²) in [5.74, 6) is -0.804. The lowest BCUT2D eigenvalue weighted by atomic mass is 9.88. The molecule has 0 bridgehead atoms. The molecule has 0 fully saturated rings. The molecule has 0 aromatic heterocycles. The lowest BCUT2D eigenvalue weighted by Gasteiger charge is -2.26. The number of aryl methyl sites for hydroxylation is 1. The van der Waals surface area contributed by atoms with Crippen LogP contribution in [0.1, 0.15) is 36.4 Å². The third-order valence-electron chi connectivity index (χ3n) is 4.72. The van der Waals surface area contributed by atoms with E-state index in [9.17, 15) is 26.4 Å². The summed E-state index contributed by atoms with van der Waals surface area (Å²) < 4.78 is 67.0. The molecule has 2 aromatic rings. The largest absolute Gasteiger partial charge is 0.573 e. The Kier molecular flexibility index (Phi) is 6.67. The van der Waals surface area contributed by atoms with Gasteiger partial charge in [0.25, 0.3) is 0 Å². The van der Waals surface area contributed by atoms with Gasteiger partial charge in [0.2, 0.25) is 15.9 Å². The lowest BCUT2D eigenvalue weighted by Crippen LogP contribution is -2.34. The molecule has 2 N–H and O–H groups in total. The van der Waals surface area contributed by atoms with Crippen LogP contribution in [0.25, 0.3) is 0 Å². The fourth-order valence-corrected chi connectivity index (χ4v) is 4.40. The molecule has 1 aliphatic rings. The molecule has 0 saturated heterocycles. The molecular weight excluding hydrogens is 421 g/mol. The summed E-state index contributed by atoms with van der Waals surface area (Å²) in [5.41, 5.74) is 2.28. The Morgan fingerprint density at radius 3 is 2.50 bits per heavy atom. The maximum Gasteiger partial charge on any atom is 0.573 e. The van der Waals surface area contributed by atoms with Crippen LogP contribution < -0.4 is 14.8 Å². The van der Waals surface area contributed by atoms with Crippen LogP contribution in [0.5, 0.6) is 5.75 Å². The van der Waals surface area contributed by atoms with Gasteiger partial charge in [0.15, 0.2) is 0 Å². The highest BCUT2D eigenvalue weighted by atomic mass is 32.2. The highest BCUT2D eigenvalue weighted by Gasteiger charge is 2.31. The Balaban J connectivity index is 1.51. The van der Waals surface area contributed by atoms with Gasteiger partial charge in [0, 0.05) is 13.0 Å². The second-order valence-corrected chi connectivity index (χ2v) is 8.65. The number of ether oxygens (including phenoxy) is 1. The van der Waals surface area contributed by atoms with Crippen LogP contribution in [0.3, 0.4) is 0 Å². The highest BCUT2D eigenvalue weighted by molar-refractivity contribution is 7.89. The molecule has 162 valence electrons. The van der Waals surface area contributed by atoms with Gasteiger partial charge >= 0.3 is 6.36 Å². The Labute approximate surface area is 172 Å². The van der Waals surface area contributed by atoms with Gasteiger partial charge in [0.05, 0.1) is 10.9 Å². The predicted octanol–water partition coefficient (Wildman–Crippen LogP) is 3.45. The number of hydrogen-bond acceptors (Lipinski definition) is 4. The van der Waals surface area contributed by atoms with Crippen molar-refractivity contribution in [2.75, 3.05) is 6.54 Å². The van der Waals surface area contributed by atoms with Crippen LogP contribution in [-0.4, -0.2) is 27.2 Å². The van der Waals surface area contributed by atoms with Crippen LogP contribution in [0.4, 0.5) is 13.2 Å². The average molecular weight is 442 g/mol. The molecule has 1 amide bonds. The Hall–Kier alpha value is -2.59. The molecule has 10 heteroatoms. The fraction of sp³-hybridized carbons (Fsp3) is 0.350. The van der Waals surface area contributed by atoms with E-state index >= 15 is 0 Å². The standard InChI is InChI=1S/C20H21F3N2O4S/c21-20(22,23)29-15-8-10-16(11-9-15)30(27,28)24-13-12-19(26)25-18-7-3-5-14-4-1-2-6-17(14)18/h1-2,4,6,8-11,18,24H,3,5,7,12-13H2,(H,25,26). The zero-order valence-electron chi connectivity index (χ0n) is 15.9. The first kappa shape index (κ1) is 22.1. The first-order valence-electron chi connectivity index (χ1n) is 9.37. The number of sulfonamides is 1. The van der Waals surface area contributed by atoms with E-state index in [1.807, 2.05) is 24.3 Å².